The minimum atomic E-state index is 0.204. The van der Waals surface area contributed by atoms with Gasteiger partial charge in [0.25, 0.3) is 0 Å². The van der Waals surface area contributed by atoms with E-state index in [4.69, 9.17) is 0 Å². The molecule has 0 aliphatic carbocycles. The molecule has 1 aromatic heterocycles. The first-order valence-electron chi connectivity index (χ1n) is 9.14. The molecule has 0 N–H and O–H groups in total. The lowest BCUT2D eigenvalue weighted by molar-refractivity contribution is -0.130. The maximum Gasteiger partial charge on any atom is 0.227 e. The molecule has 0 bridgehead atoms. The van der Waals surface area contributed by atoms with Gasteiger partial charge in [0, 0.05) is 38.6 Å². The number of nitrogens with zero attached hydrogens (tertiary/aromatic N) is 4. The molecule has 1 aliphatic rings. The van der Waals surface area contributed by atoms with Crippen molar-refractivity contribution in [1.82, 2.24) is 14.9 Å². The van der Waals surface area contributed by atoms with Crippen LogP contribution < -0.4 is 4.90 Å². The molecule has 1 saturated heterocycles. The second-order valence-corrected chi connectivity index (χ2v) is 6.51. The van der Waals surface area contributed by atoms with E-state index in [1.165, 1.54) is 18.4 Å². The first-order valence-corrected chi connectivity index (χ1v) is 9.14. The molecule has 1 amide bonds. The highest BCUT2D eigenvalue weighted by molar-refractivity contribution is 5.79. The van der Waals surface area contributed by atoms with Crippen molar-refractivity contribution in [3.63, 3.8) is 0 Å². The van der Waals surface area contributed by atoms with Gasteiger partial charge in [0.05, 0.1) is 6.42 Å². The van der Waals surface area contributed by atoms with Crippen LogP contribution in [0.4, 0.5) is 5.95 Å². The number of amides is 1. The lowest BCUT2D eigenvalue weighted by Gasteiger charge is -2.34. The number of carbonyl (C=O) groups is 1. The number of hydrogen-bond acceptors (Lipinski definition) is 4. The maximum absolute atomic E-state index is 12.5. The summed E-state index contributed by atoms with van der Waals surface area (Å²) in [5.74, 6) is 0.951. The lowest BCUT2D eigenvalue weighted by Crippen LogP contribution is -2.49. The highest BCUT2D eigenvalue weighted by atomic mass is 16.2. The van der Waals surface area contributed by atoms with Crippen molar-refractivity contribution in [1.29, 1.82) is 0 Å². The predicted octanol–water partition coefficient (Wildman–Crippen LogP) is 2.71. The quantitative estimate of drug-likeness (QED) is 0.813. The molecule has 1 aromatic carbocycles. The van der Waals surface area contributed by atoms with Crippen LogP contribution >= 0.6 is 0 Å². The molecule has 0 radical (unpaired) electrons. The van der Waals surface area contributed by atoms with Crippen molar-refractivity contribution in [2.45, 2.75) is 32.6 Å². The van der Waals surface area contributed by atoms with Crippen molar-refractivity contribution >= 4 is 11.9 Å². The minimum Gasteiger partial charge on any atom is -0.339 e. The Kier molecular flexibility index (Phi) is 5.99. The fourth-order valence-electron chi connectivity index (χ4n) is 3.10. The number of anilines is 1. The molecule has 2 heterocycles. The lowest BCUT2D eigenvalue weighted by atomic mass is 10.0. The summed E-state index contributed by atoms with van der Waals surface area (Å²) in [5, 5.41) is 0. The molecule has 0 saturated carbocycles. The molecule has 0 unspecified atom stereocenters. The van der Waals surface area contributed by atoms with Gasteiger partial charge in [-0.15, -0.1) is 0 Å². The fourth-order valence-corrected chi connectivity index (χ4v) is 3.10. The van der Waals surface area contributed by atoms with Gasteiger partial charge in [-0.3, -0.25) is 4.79 Å². The zero-order valence-electron chi connectivity index (χ0n) is 14.9. The van der Waals surface area contributed by atoms with Crippen LogP contribution in [-0.4, -0.2) is 47.0 Å². The number of unbranched alkanes of at least 4 members (excludes halogenated alkanes) is 1. The van der Waals surface area contributed by atoms with Gasteiger partial charge in [0.15, 0.2) is 0 Å². The topological polar surface area (TPSA) is 49.3 Å². The highest BCUT2D eigenvalue weighted by Gasteiger charge is 2.22. The van der Waals surface area contributed by atoms with Gasteiger partial charge in [-0.05, 0) is 30.0 Å². The second kappa shape index (κ2) is 8.60. The largest absolute Gasteiger partial charge is 0.339 e. The molecular formula is C20H26N4O. The number of piperazine rings is 1. The zero-order valence-corrected chi connectivity index (χ0v) is 14.9. The molecule has 1 fully saturated rings. The van der Waals surface area contributed by atoms with Crippen molar-refractivity contribution in [3.05, 3.63) is 53.9 Å². The zero-order chi connectivity index (χ0) is 17.5. The maximum atomic E-state index is 12.5. The molecule has 3 rings (SSSR count). The summed E-state index contributed by atoms with van der Waals surface area (Å²) in [5.41, 5.74) is 2.45. The van der Waals surface area contributed by atoms with E-state index in [0.717, 1.165) is 44.1 Å². The first kappa shape index (κ1) is 17.4. The number of aromatic nitrogens is 2. The van der Waals surface area contributed by atoms with E-state index >= 15 is 0 Å². The Balaban J connectivity index is 1.49. The summed E-state index contributed by atoms with van der Waals surface area (Å²) < 4.78 is 0. The second-order valence-electron chi connectivity index (χ2n) is 6.51. The summed E-state index contributed by atoms with van der Waals surface area (Å²) in [4.78, 5) is 25.2. The van der Waals surface area contributed by atoms with E-state index in [-0.39, 0.29) is 5.91 Å². The number of hydrogen-bond donors (Lipinski definition) is 0. The molecule has 1 aliphatic heterocycles. The number of benzene rings is 1. The molecular weight excluding hydrogens is 312 g/mol. The van der Waals surface area contributed by atoms with Crippen LogP contribution in [0.2, 0.25) is 0 Å². The number of rotatable bonds is 6. The Hall–Kier alpha value is -2.43. The summed E-state index contributed by atoms with van der Waals surface area (Å²) in [6.07, 6.45) is 7.53. The molecule has 5 nitrogen and oxygen atoms in total. The first-order chi connectivity index (χ1) is 12.3. The molecule has 0 spiro atoms. The van der Waals surface area contributed by atoms with Crippen LogP contribution in [0.5, 0.6) is 0 Å². The van der Waals surface area contributed by atoms with E-state index in [1.807, 2.05) is 11.0 Å². The molecule has 0 atom stereocenters. The summed E-state index contributed by atoms with van der Waals surface area (Å²) in [7, 11) is 0. The summed E-state index contributed by atoms with van der Waals surface area (Å²) >= 11 is 0. The highest BCUT2D eigenvalue weighted by Crippen LogP contribution is 2.13. The number of aryl methyl sites for hydroxylation is 1. The van der Waals surface area contributed by atoms with E-state index < -0.39 is 0 Å². The Labute approximate surface area is 149 Å². The van der Waals surface area contributed by atoms with Gasteiger partial charge in [-0.2, -0.15) is 0 Å². The van der Waals surface area contributed by atoms with Gasteiger partial charge in [0.2, 0.25) is 11.9 Å². The fraction of sp³-hybridized carbons (Fsp3) is 0.450. The Morgan fingerprint density at radius 2 is 1.64 bits per heavy atom. The van der Waals surface area contributed by atoms with Crippen LogP contribution in [0, 0.1) is 0 Å². The van der Waals surface area contributed by atoms with Crippen molar-refractivity contribution < 1.29 is 4.79 Å². The van der Waals surface area contributed by atoms with Crippen molar-refractivity contribution in [2.75, 3.05) is 31.1 Å². The Morgan fingerprint density at radius 1 is 1.00 bits per heavy atom. The third-order valence-corrected chi connectivity index (χ3v) is 4.66. The van der Waals surface area contributed by atoms with Crippen LogP contribution in [0.1, 0.15) is 30.9 Å². The normalized spacial score (nSPS) is 14.6. The van der Waals surface area contributed by atoms with Crippen LogP contribution in [0.25, 0.3) is 0 Å². The Morgan fingerprint density at radius 3 is 2.28 bits per heavy atom. The van der Waals surface area contributed by atoms with Crippen LogP contribution in [0.15, 0.2) is 42.7 Å². The van der Waals surface area contributed by atoms with Gasteiger partial charge >= 0.3 is 0 Å². The summed E-state index contributed by atoms with van der Waals surface area (Å²) in [6.45, 7) is 5.23. The molecule has 132 valence electrons. The van der Waals surface area contributed by atoms with E-state index in [0.29, 0.717) is 6.42 Å². The average Bonchev–Trinajstić information content (AvgIpc) is 2.68. The smallest absolute Gasteiger partial charge is 0.227 e. The average molecular weight is 338 g/mol. The third kappa shape index (κ3) is 4.78. The monoisotopic (exact) mass is 338 g/mol. The van der Waals surface area contributed by atoms with Crippen LogP contribution in [-0.2, 0) is 17.6 Å². The molecule has 2 aromatic rings. The van der Waals surface area contributed by atoms with Gasteiger partial charge in [-0.1, -0.05) is 37.6 Å². The predicted molar refractivity (Wildman–Crippen MR) is 99.6 cm³/mol. The number of carbonyl (C=O) groups excluding carboxylic acids is 1. The molecule has 25 heavy (non-hydrogen) atoms. The molecule has 5 heteroatoms. The van der Waals surface area contributed by atoms with Crippen LogP contribution in [0.3, 0.4) is 0 Å². The van der Waals surface area contributed by atoms with E-state index in [9.17, 15) is 4.79 Å². The standard InChI is InChI=1S/C20H26N4O/c1-2-3-5-17-6-8-18(9-7-17)16-19(25)23-12-14-24(15-13-23)20-21-10-4-11-22-20/h4,6-11H,2-3,5,12-16H2,1H3. The minimum absolute atomic E-state index is 0.204. The van der Waals surface area contributed by atoms with E-state index in [2.05, 4.69) is 46.1 Å². The van der Waals surface area contributed by atoms with Gasteiger partial charge < -0.3 is 9.80 Å². The Bertz CT molecular complexity index is 664. The van der Waals surface area contributed by atoms with E-state index in [1.54, 1.807) is 12.4 Å². The summed E-state index contributed by atoms with van der Waals surface area (Å²) in [6, 6.07) is 10.3. The van der Waals surface area contributed by atoms with Gasteiger partial charge in [0.1, 0.15) is 0 Å². The third-order valence-electron chi connectivity index (χ3n) is 4.66. The van der Waals surface area contributed by atoms with Gasteiger partial charge in [-0.25, -0.2) is 9.97 Å². The SMILES string of the molecule is CCCCc1ccc(CC(=O)N2CCN(c3ncccn3)CC2)cc1. The van der Waals surface area contributed by atoms with Crippen molar-refractivity contribution in [2.24, 2.45) is 0 Å². The van der Waals surface area contributed by atoms with Crippen molar-refractivity contribution in [3.8, 4) is 0 Å².